The van der Waals surface area contributed by atoms with Crippen molar-refractivity contribution in [3.05, 3.63) is 72.4 Å². The van der Waals surface area contributed by atoms with E-state index < -0.39 is 33.4 Å². The Morgan fingerprint density at radius 1 is 1.00 bits per heavy atom. The number of amides is 2. The zero-order valence-corrected chi connectivity index (χ0v) is 17.8. The summed E-state index contributed by atoms with van der Waals surface area (Å²) in [4.78, 5) is 16.2. The molecular formula is C22H20F3N3O3S. The quantitative estimate of drug-likeness (QED) is 0.498. The third-order valence-electron chi connectivity index (χ3n) is 4.50. The second-order valence-electron chi connectivity index (χ2n) is 6.87. The Bertz CT molecular complexity index is 1210. The highest BCUT2D eigenvalue weighted by Crippen LogP contribution is 2.34. The molecule has 2 N–H and O–H groups in total. The summed E-state index contributed by atoms with van der Waals surface area (Å²) in [5.74, 6) is -0.736. The molecule has 0 bridgehead atoms. The number of rotatable bonds is 6. The first-order valence-electron chi connectivity index (χ1n) is 9.64. The molecule has 3 rings (SSSR count). The van der Waals surface area contributed by atoms with Crippen LogP contribution in [0.2, 0.25) is 0 Å². The van der Waals surface area contributed by atoms with Crippen LogP contribution in [0.4, 0.5) is 29.5 Å². The lowest BCUT2D eigenvalue weighted by Gasteiger charge is -2.16. The van der Waals surface area contributed by atoms with Gasteiger partial charge in [0, 0.05) is 11.8 Å². The van der Waals surface area contributed by atoms with Crippen LogP contribution in [0.1, 0.15) is 18.9 Å². The highest BCUT2D eigenvalue weighted by atomic mass is 32.2. The molecule has 1 heterocycles. The van der Waals surface area contributed by atoms with Gasteiger partial charge in [0.1, 0.15) is 5.82 Å². The molecule has 0 spiro atoms. The summed E-state index contributed by atoms with van der Waals surface area (Å²) >= 11 is 0. The number of carbonyl (C=O) groups is 1. The third-order valence-corrected chi connectivity index (χ3v) is 6.42. The van der Waals surface area contributed by atoms with Crippen LogP contribution in [0.15, 0.2) is 71.8 Å². The van der Waals surface area contributed by atoms with Crippen LogP contribution in [-0.2, 0) is 16.0 Å². The van der Waals surface area contributed by atoms with Crippen LogP contribution in [0.25, 0.3) is 11.1 Å². The van der Waals surface area contributed by atoms with Gasteiger partial charge in [0.05, 0.1) is 21.9 Å². The number of urea groups is 1. The first kappa shape index (κ1) is 23.3. The molecule has 0 fully saturated rings. The molecule has 1 aromatic heterocycles. The molecule has 6 nitrogen and oxygen atoms in total. The van der Waals surface area contributed by atoms with E-state index in [1.54, 1.807) is 43.3 Å². The van der Waals surface area contributed by atoms with E-state index in [0.29, 0.717) is 17.5 Å². The summed E-state index contributed by atoms with van der Waals surface area (Å²) in [5.41, 5.74) is 0.234. The van der Waals surface area contributed by atoms with Crippen molar-refractivity contribution in [3.8, 4) is 11.1 Å². The molecule has 3 aromatic rings. The topological polar surface area (TPSA) is 88.2 Å². The maximum Gasteiger partial charge on any atom is 0.419 e. The lowest BCUT2D eigenvalue weighted by Crippen LogP contribution is -2.23. The van der Waals surface area contributed by atoms with E-state index in [1.165, 1.54) is 12.1 Å². The molecule has 168 valence electrons. The smallest absolute Gasteiger partial charge is 0.307 e. The van der Waals surface area contributed by atoms with E-state index in [4.69, 9.17) is 0 Å². The fraction of sp³-hybridized carbons (Fsp3) is 0.182. The number of pyridine rings is 1. The predicted octanol–water partition coefficient (Wildman–Crippen LogP) is 5.60. The first-order valence-corrected chi connectivity index (χ1v) is 11.3. The van der Waals surface area contributed by atoms with Crippen molar-refractivity contribution < 1.29 is 26.4 Å². The number of benzene rings is 2. The van der Waals surface area contributed by atoms with Crippen LogP contribution < -0.4 is 10.6 Å². The molecule has 0 saturated carbocycles. The third kappa shape index (κ3) is 5.44. The minimum Gasteiger partial charge on any atom is -0.307 e. The number of sulfone groups is 1. The fourth-order valence-corrected chi connectivity index (χ4v) is 4.42. The maximum absolute atomic E-state index is 13.2. The number of aromatic nitrogens is 1. The average Bonchev–Trinajstić information content (AvgIpc) is 2.74. The molecule has 0 aliphatic rings. The van der Waals surface area contributed by atoms with Gasteiger partial charge in [0.15, 0.2) is 9.84 Å². The Morgan fingerprint density at radius 2 is 1.72 bits per heavy atom. The van der Waals surface area contributed by atoms with Gasteiger partial charge in [0.2, 0.25) is 0 Å². The Hall–Kier alpha value is -3.40. The molecule has 0 radical (unpaired) electrons. The van der Waals surface area contributed by atoms with Gasteiger partial charge in [-0.1, -0.05) is 43.3 Å². The van der Waals surface area contributed by atoms with Gasteiger partial charge in [-0.05, 0) is 36.2 Å². The molecule has 0 unspecified atom stereocenters. The van der Waals surface area contributed by atoms with Gasteiger partial charge in [-0.25, -0.2) is 18.2 Å². The molecular weight excluding hydrogens is 443 g/mol. The largest absolute Gasteiger partial charge is 0.419 e. The molecule has 0 aliphatic carbocycles. The summed E-state index contributed by atoms with van der Waals surface area (Å²) in [6.45, 7) is 1.73. The molecule has 10 heteroatoms. The van der Waals surface area contributed by atoms with Crippen molar-refractivity contribution in [1.29, 1.82) is 0 Å². The number of nitrogens with zero attached hydrogens (tertiary/aromatic N) is 1. The number of halogens is 3. The van der Waals surface area contributed by atoms with Crippen LogP contribution >= 0.6 is 0 Å². The Kier molecular flexibility index (Phi) is 6.83. The summed E-state index contributed by atoms with van der Waals surface area (Å²) in [6.07, 6.45) is -3.18. The Morgan fingerprint density at radius 3 is 2.38 bits per heavy atom. The summed E-state index contributed by atoms with van der Waals surface area (Å²) in [7, 11) is -3.59. The SMILES string of the molecule is CCCS(=O)(=O)c1ccc(-c2ccccc2)c(NC(=O)Nc2ncccc2C(F)(F)F)c1. The second-order valence-corrected chi connectivity index (χ2v) is 8.98. The summed E-state index contributed by atoms with van der Waals surface area (Å²) in [5, 5.41) is 4.57. The van der Waals surface area contributed by atoms with Crippen molar-refractivity contribution in [2.24, 2.45) is 0 Å². The van der Waals surface area contributed by atoms with Gasteiger partial charge in [-0.2, -0.15) is 13.2 Å². The minimum absolute atomic E-state index is 0.00291. The summed E-state index contributed by atoms with van der Waals surface area (Å²) in [6, 6.07) is 14.1. The fourth-order valence-electron chi connectivity index (χ4n) is 3.07. The maximum atomic E-state index is 13.2. The molecule has 0 saturated heterocycles. The number of hydrogen-bond acceptors (Lipinski definition) is 4. The Balaban J connectivity index is 1.98. The van der Waals surface area contributed by atoms with E-state index in [0.717, 1.165) is 18.3 Å². The van der Waals surface area contributed by atoms with E-state index >= 15 is 0 Å². The van der Waals surface area contributed by atoms with Crippen LogP contribution in [0.5, 0.6) is 0 Å². The van der Waals surface area contributed by atoms with Gasteiger partial charge in [-0.15, -0.1) is 0 Å². The normalized spacial score (nSPS) is 11.8. The zero-order valence-electron chi connectivity index (χ0n) is 17.0. The van der Waals surface area contributed by atoms with Crippen molar-refractivity contribution in [1.82, 2.24) is 4.98 Å². The van der Waals surface area contributed by atoms with E-state index in [-0.39, 0.29) is 16.3 Å². The van der Waals surface area contributed by atoms with Crippen molar-refractivity contribution in [2.75, 3.05) is 16.4 Å². The van der Waals surface area contributed by atoms with Gasteiger partial charge in [0.25, 0.3) is 0 Å². The minimum atomic E-state index is -4.71. The van der Waals surface area contributed by atoms with Crippen molar-refractivity contribution >= 4 is 27.4 Å². The van der Waals surface area contributed by atoms with E-state index in [1.807, 2.05) is 0 Å². The zero-order chi connectivity index (χ0) is 23.4. The van der Waals surface area contributed by atoms with Gasteiger partial charge < -0.3 is 5.32 Å². The number of carbonyl (C=O) groups excluding carboxylic acids is 1. The molecule has 32 heavy (non-hydrogen) atoms. The lowest BCUT2D eigenvalue weighted by atomic mass is 10.0. The van der Waals surface area contributed by atoms with Crippen molar-refractivity contribution in [2.45, 2.75) is 24.4 Å². The molecule has 2 amide bonds. The molecule has 0 atom stereocenters. The predicted molar refractivity (Wildman–Crippen MR) is 116 cm³/mol. The number of hydrogen-bond donors (Lipinski definition) is 2. The lowest BCUT2D eigenvalue weighted by molar-refractivity contribution is -0.137. The van der Waals surface area contributed by atoms with E-state index in [9.17, 15) is 26.4 Å². The number of nitrogens with one attached hydrogen (secondary N) is 2. The van der Waals surface area contributed by atoms with Gasteiger partial charge >= 0.3 is 12.2 Å². The van der Waals surface area contributed by atoms with E-state index in [2.05, 4.69) is 15.6 Å². The highest BCUT2D eigenvalue weighted by molar-refractivity contribution is 7.91. The first-order chi connectivity index (χ1) is 15.1. The van der Waals surface area contributed by atoms with Crippen LogP contribution in [0, 0.1) is 0 Å². The van der Waals surface area contributed by atoms with Crippen LogP contribution in [0.3, 0.4) is 0 Å². The van der Waals surface area contributed by atoms with Crippen LogP contribution in [-0.4, -0.2) is 25.2 Å². The monoisotopic (exact) mass is 463 g/mol. The average molecular weight is 463 g/mol. The Labute approximate surface area is 183 Å². The van der Waals surface area contributed by atoms with Gasteiger partial charge in [-0.3, -0.25) is 5.32 Å². The van der Waals surface area contributed by atoms with Crippen molar-refractivity contribution in [3.63, 3.8) is 0 Å². The summed E-state index contributed by atoms with van der Waals surface area (Å²) < 4.78 is 64.6. The standard InChI is InChI=1S/C22H20F3N3O3S/c1-2-13-32(30,31)16-10-11-17(15-7-4-3-5-8-15)19(14-16)27-21(29)28-20-18(22(23,24)25)9-6-12-26-20/h3-12,14H,2,13H2,1H3,(H2,26,27,28,29). The molecule has 0 aliphatic heterocycles. The molecule has 2 aromatic carbocycles. The number of anilines is 2. The highest BCUT2D eigenvalue weighted by Gasteiger charge is 2.34. The second kappa shape index (κ2) is 9.39. The number of alkyl halides is 3.